The minimum absolute atomic E-state index is 0. The maximum atomic E-state index is 7.50. The number of hydrogen-bond donors (Lipinski definition) is 0. The van der Waals surface area contributed by atoms with Crippen LogP contribution in [0.1, 0.15) is 0 Å². The molecule has 0 aromatic carbocycles. The summed E-state index contributed by atoms with van der Waals surface area (Å²) in [6, 6.07) is 0. The monoisotopic (exact) mass is 267 g/mol. The molecule has 0 aliphatic carbocycles. The molecule has 0 aliphatic rings. The Hall–Kier alpha value is 1.59. The Morgan fingerprint density at radius 2 is 0.857 bits per heavy atom. The largest absolute Gasteiger partial charge is 3.00 e. The number of carbonyl (C=O) groups excluding carboxylic acids is 1. The Balaban J connectivity index is -0.000000000500. The maximum Gasteiger partial charge on any atom is 3.00 e. The van der Waals surface area contributed by atoms with Crippen molar-refractivity contribution < 1.29 is 61.5 Å². The summed E-state index contributed by atoms with van der Waals surface area (Å²) in [4.78, 5) is 7.50. The van der Waals surface area contributed by atoms with E-state index in [0.29, 0.717) is 0 Å². The van der Waals surface area contributed by atoms with Gasteiger partial charge in [0.1, 0.15) is 0 Å². The molecule has 5 radical (unpaired) electrons. The number of halogens is 3. The van der Waals surface area contributed by atoms with Crippen LogP contribution in [-0.4, -0.2) is 6.79 Å². The smallest absolute Gasteiger partial charge is 1.00 e. The Morgan fingerprint density at radius 1 is 0.857 bits per heavy atom. The molecule has 0 bridgehead atoms. The summed E-state index contributed by atoms with van der Waals surface area (Å²) in [6.07, 6.45) is 0. The van der Waals surface area contributed by atoms with Crippen molar-refractivity contribution in [1.29, 1.82) is 0 Å². The van der Waals surface area contributed by atoms with E-state index < -0.39 is 0 Å². The standard InChI is InChI=1S/CO.3ClH.P.Rh/c1-2;;;;;/h;3*1H;;/q;;;;;+3/p-3. The number of hydrogen-bond acceptors (Lipinski definition) is 1. The molecule has 0 aromatic rings. The topological polar surface area (TPSA) is 17.1 Å². The summed E-state index contributed by atoms with van der Waals surface area (Å²) in [6.45, 7) is 4.50. The predicted octanol–water partition coefficient (Wildman–Crippen LogP) is -8.53. The Labute approximate surface area is 78.0 Å². The quantitative estimate of drug-likeness (QED) is 0.315. The van der Waals surface area contributed by atoms with Crippen molar-refractivity contribution in [2.45, 2.75) is 0 Å². The zero-order chi connectivity index (χ0) is 2.00. The predicted molar refractivity (Wildman–Crippen MR) is 12.6 cm³/mol. The molecule has 0 saturated heterocycles. The normalized spacial score (nSPS) is 0.571. The van der Waals surface area contributed by atoms with Gasteiger partial charge in [-0.2, -0.15) is 0 Å². The minimum Gasteiger partial charge on any atom is -1.00 e. The third kappa shape index (κ3) is 93.6. The molecule has 0 amide bonds. The van der Waals surface area contributed by atoms with Crippen molar-refractivity contribution in [3.8, 4) is 0 Å². The first-order chi connectivity index (χ1) is 1.00. The van der Waals surface area contributed by atoms with E-state index in [4.69, 9.17) is 4.79 Å². The van der Waals surface area contributed by atoms with Crippen LogP contribution in [0, 0.1) is 0 Å². The van der Waals surface area contributed by atoms with Gasteiger partial charge in [-0.15, -0.1) is 0 Å². The van der Waals surface area contributed by atoms with Gasteiger partial charge >= 0.3 is 19.5 Å². The summed E-state index contributed by atoms with van der Waals surface area (Å²) < 4.78 is 0. The maximum absolute atomic E-state index is 7.50. The van der Waals surface area contributed by atoms with Gasteiger partial charge in [-0.05, 0) is 0 Å². The zero-order valence-electron chi connectivity index (χ0n) is 2.82. The SMILES string of the molecule is [C]=O.[Cl-].[Cl-].[Cl-].[P].[Rh+3]. The van der Waals surface area contributed by atoms with Crippen LogP contribution in [0.3, 0.4) is 0 Å². The molecule has 0 rings (SSSR count). The Morgan fingerprint density at radius 3 is 0.857 bits per heavy atom. The first kappa shape index (κ1) is 73.7. The van der Waals surface area contributed by atoms with Crippen molar-refractivity contribution in [2.24, 2.45) is 0 Å². The van der Waals surface area contributed by atoms with Gasteiger partial charge in [-0.3, -0.25) is 4.79 Å². The van der Waals surface area contributed by atoms with E-state index in [0.717, 1.165) is 0 Å². The first-order valence-corrected chi connectivity index (χ1v) is 0.204. The molecular weight excluding hydrogens is 268 g/mol. The van der Waals surface area contributed by atoms with Crippen LogP contribution in [-0.2, 0) is 24.3 Å². The van der Waals surface area contributed by atoms with Crippen molar-refractivity contribution in [1.82, 2.24) is 0 Å². The molecule has 0 heterocycles. The molecule has 0 aliphatic heterocycles. The van der Waals surface area contributed by atoms with Crippen molar-refractivity contribution in [3.63, 3.8) is 0 Å². The summed E-state index contributed by atoms with van der Waals surface area (Å²) in [5.74, 6) is 0. The first-order valence-electron chi connectivity index (χ1n) is 0.204. The van der Waals surface area contributed by atoms with E-state index in [1.807, 2.05) is 0 Å². The van der Waals surface area contributed by atoms with Gasteiger partial charge in [-0.25, -0.2) is 0 Å². The molecule has 7 heavy (non-hydrogen) atoms. The van der Waals surface area contributed by atoms with E-state index in [1.165, 1.54) is 0 Å². The van der Waals surface area contributed by atoms with Crippen LogP contribution in [0.15, 0.2) is 0 Å². The summed E-state index contributed by atoms with van der Waals surface area (Å²) in [7, 11) is 0. The second-order valence-electron chi connectivity index (χ2n) is 0. The van der Waals surface area contributed by atoms with Gasteiger partial charge in [0.05, 0.1) is 0 Å². The molecule has 1 nitrogen and oxygen atoms in total. The van der Waals surface area contributed by atoms with Crippen LogP contribution in [0.25, 0.3) is 0 Å². The average molecular weight is 268 g/mol. The molecule has 0 spiro atoms. The van der Waals surface area contributed by atoms with E-state index in [1.54, 1.807) is 0 Å². The van der Waals surface area contributed by atoms with Crippen LogP contribution < -0.4 is 37.2 Å². The molecule has 0 atom stereocenters. The van der Waals surface area contributed by atoms with Gasteiger partial charge < -0.3 is 37.2 Å². The van der Waals surface area contributed by atoms with Crippen molar-refractivity contribution in [3.05, 3.63) is 0 Å². The summed E-state index contributed by atoms with van der Waals surface area (Å²) in [5.41, 5.74) is 0. The second kappa shape index (κ2) is 130. The molecular formula is CCl3OPRh. The average Bonchev–Trinajstić information content (AvgIpc) is 1.00. The van der Waals surface area contributed by atoms with Crippen molar-refractivity contribution >= 4 is 16.7 Å². The van der Waals surface area contributed by atoms with Gasteiger partial charge in [0.15, 0.2) is 0 Å². The zero-order valence-corrected chi connectivity index (χ0v) is 7.62. The van der Waals surface area contributed by atoms with Gasteiger partial charge in [0, 0.05) is 9.90 Å². The van der Waals surface area contributed by atoms with Gasteiger partial charge in [-0.1, -0.05) is 0 Å². The third-order valence-electron chi connectivity index (χ3n) is 0. The fourth-order valence-electron chi connectivity index (χ4n) is 0. The molecule has 6 heteroatoms. The van der Waals surface area contributed by atoms with Gasteiger partial charge in [0.2, 0.25) is 0 Å². The summed E-state index contributed by atoms with van der Waals surface area (Å²) in [5, 5.41) is 0. The van der Waals surface area contributed by atoms with E-state index in [-0.39, 0.29) is 66.6 Å². The van der Waals surface area contributed by atoms with E-state index in [9.17, 15) is 0 Å². The van der Waals surface area contributed by atoms with E-state index in [2.05, 4.69) is 6.79 Å². The second-order valence-corrected chi connectivity index (χ2v) is 0. The molecule has 0 saturated carbocycles. The molecule has 0 fully saturated rings. The number of rotatable bonds is 0. The summed E-state index contributed by atoms with van der Waals surface area (Å²) >= 11 is 0. The molecule has 45 valence electrons. The minimum atomic E-state index is 0. The fraction of sp³-hybridized carbons (Fsp3) is 0. The Kier molecular flexibility index (Phi) is 1370. The van der Waals surface area contributed by atoms with Crippen LogP contribution in [0.4, 0.5) is 0 Å². The van der Waals surface area contributed by atoms with Gasteiger partial charge in [0.25, 0.3) is 6.79 Å². The van der Waals surface area contributed by atoms with Crippen LogP contribution >= 0.6 is 9.90 Å². The van der Waals surface area contributed by atoms with Crippen LogP contribution in [0.2, 0.25) is 0 Å². The third-order valence-corrected chi connectivity index (χ3v) is 0. The fourth-order valence-corrected chi connectivity index (χ4v) is 0. The van der Waals surface area contributed by atoms with Crippen molar-refractivity contribution in [2.75, 3.05) is 0 Å². The Bertz CT molecular complexity index is 14.9. The van der Waals surface area contributed by atoms with E-state index >= 15 is 0 Å². The van der Waals surface area contributed by atoms with Crippen LogP contribution in [0.5, 0.6) is 0 Å². The molecule has 0 aromatic heterocycles. The molecule has 0 N–H and O–H groups in total. The molecule has 0 unspecified atom stereocenters.